The zero-order valence-corrected chi connectivity index (χ0v) is 12.5. The van der Waals surface area contributed by atoms with E-state index in [1.54, 1.807) is 6.07 Å². The van der Waals surface area contributed by atoms with Crippen molar-refractivity contribution in [3.05, 3.63) is 35.8 Å². The topological polar surface area (TPSA) is 62.6 Å². The normalized spacial score (nSPS) is 20.4. The van der Waals surface area contributed by atoms with E-state index in [9.17, 15) is 12.8 Å². The molecule has 3 rings (SSSR count). The van der Waals surface area contributed by atoms with Gasteiger partial charge in [-0.2, -0.15) is 0 Å². The van der Waals surface area contributed by atoms with Gasteiger partial charge in [-0.05, 0) is 30.7 Å². The molecule has 21 heavy (non-hydrogen) atoms. The second kappa shape index (κ2) is 5.40. The molecule has 1 saturated heterocycles. The molecule has 7 heteroatoms. The molecular weight excluding hydrogens is 295 g/mol. The van der Waals surface area contributed by atoms with Gasteiger partial charge in [0.05, 0.1) is 12.8 Å². The summed E-state index contributed by atoms with van der Waals surface area (Å²) in [5, 5.41) is 0.745. The first-order chi connectivity index (χ1) is 9.89. The Bertz CT molecular complexity index is 757. The lowest BCUT2D eigenvalue weighted by Gasteiger charge is -2.14. The third-order valence-corrected chi connectivity index (χ3v) is 4.32. The Labute approximate surface area is 122 Å². The molecule has 0 spiro atoms. The summed E-state index contributed by atoms with van der Waals surface area (Å²) in [5.74, 6) is 0.476. The molecule has 0 amide bonds. The van der Waals surface area contributed by atoms with E-state index in [0.29, 0.717) is 18.7 Å². The highest BCUT2D eigenvalue weighted by Gasteiger charge is 2.25. The van der Waals surface area contributed by atoms with E-state index >= 15 is 0 Å². The van der Waals surface area contributed by atoms with Gasteiger partial charge in [-0.1, -0.05) is 0 Å². The maximum absolute atomic E-state index is 13.1. The van der Waals surface area contributed by atoms with Gasteiger partial charge >= 0.3 is 0 Å². The van der Waals surface area contributed by atoms with Crippen molar-refractivity contribution in [3.63, 3.8) is 0 Å². The Morgan fingerprint density at radius 1 is 1.43 bits per heavy atom. The van der Waals surface area contributed by atoms with Crippen LogP contribution in [0.25, 0.3) is 11.0 Å². The number of rotatable bonds is 4. The number of furan rings is 1. The van der Waals surface area contributed by atoms with Gasteiger partial charge in [0.1, 0.15) is 17.2 Å². The summed E-state index contributed by atoms with van der Waals surface area (Å²) in [6, 6.07) is 6.21. The molecule has 1 aliphatic heterocycles. The van der Waals surface area contributed by atoms with Crippen molar-refractivity contribution >= 4 is 21.0 Å². The number of nitrogens with zero attached hydrogens (tertiary/aromatic N) is 1. The summed E-state index contributed by atoms with van der Waals surface area (Å²) in [6.45, 7) is 2.05. The summed E-state index contributed by atoms with van der Waals surface area (Å²) < 4.78 is 43.9. The van der Waals surface area contributed by atoms with Crippen molar-refractivity contribution in [1.29, 1.82) is 0 Å². The third-order valence-electron chi connectivity index (χ3n) is 3.56. The number of fused-ring (bicyclic) bond motifs is 1. The van der Waals surface area contributed by atoms with Crippen LogP contribution in [-0.2, 0) is 16.6 Å². The first kappa shape index (κ1) is 14.5. The fourth-order valence-electron chi connectivity index (χ4n) is 2.74. The number of nitrogens with one attached hydrogen (secondary N) is 1. The SMILES string of the molecule is CS(=O)(=O)N[C@H]1CCN(Cc2cc3cc(F)ccc3o2)C1. The molecule has 1 atom stereocenters. The van der Waals surface area contributed by atoms with E-state index in [-0.39, 0.29) is 11.9 Å². The molecule has 0 radical (unpaired) electrons. The third kappa shape index (κ3) is 3.61. The van der Waals surface area contributed by atoms with Crippen LogP contribution < -0.4 is 4.72 Å². The quantitative estimate of drug-likeness (QED) is 0.933. The van der Waals surface area contributed by atoms with E-state index in [1.165, 1.54) is 18.4 Å². The van der Waals surface area contributed by atoms with Gasteiger partial charge in [0.15, 0.2) is 0 Å². The average Bonchev–Trinajstić information content (AvgIpc) is 2.93. The van der Waals surface area contributed by atoms with Crippen molar-refractivity contribution in [2.75, 3.05) is 19.3 Å². The summed E-state index contributed by atoms with van der Waals surface area (Å²) in [6.07, 6.45) is 1.95. The molecule has 1 aliphatic rings. The number of halogens is 1. The van der Waals surface area contributed by atoms with Gasteiger partial charge in [0.2, 0.25) is 10.0 Å². The maximum Gasteiger partial charge on any atom is 0.208 e. The molecule has 0 aliphatic carbocycles. The van der Waals surface area contributed by atoms with E-state index in [4.69, 9.17) is 4.42 Å². The molecule has 2 heterocycles. The monoisotopic (exact) mass is 312 g/mol. The van der Waals surface area contributed by atoms with Crippen LogP contribution in [0.5, 0.6) is 0 Å². The van der Waals surface area contributed by atoms with Crippen LogP contribution in [0.1, 0.15) is 12.2 Å². The Hall–Kier alpha value is -1.44. The summed E-state index contributed by atoms with van der Waals surface area (Å²) in [5.41, 5.74) is 0.663. The molecular formula is C14H17FN2O3S. The Balaban J connectivity index is 1.66. The second-order valence-electron chi connectivity index (χ2n) is 5.51. The van der Waals surface area contributed by atoms with Crippen molar-refractivity contribution in [2.45, 2.75) is 19.0 Å². The fraction of sp³-hybridized carbons (Fsp3) is 0.429. The van der Waals surface area contributed by atoms with Gasteiger partial charge in [0, 0.05) is 24.5 Å². The van der Waals surface area contributed by atoms with Crippen LogP contribution in [0.4, 0.5) is 4.39 Å². The molecule has 1 aromatic carbocycles. The van der Waals surface area contributed by atoms with Crippen molar-refractivity contribution in [2.24, 2.45) is 0 Å². The van der Waals surface area contributed by atoms with Gasteiger partial charge in [0.25, 0.3) is 0 Å². The largest absolute Gasteiger partial charge is 0.460 e. The lowest BCUT2D eigenvalue weighted by atomic mass is 10.2. The number of sulfonamides is 1. The molecule has 5 nitrogen and oxygen atoms in total. The number of hydrogen-bond acceptors (Lipinski definition) is 4. The predicted molar refractivity (Wildman–Crippen MR) is 77.8 cm³/mol. The number of hydrogen-bond donors (Lipinski definition) is 1. The highest BCUT2D eigenvalue weighted by Crippen LogP contribution is 2.22. The average molecular weight is 312 g/mol. The van der Waals surface area contributed by atoms with E-state index in [1.807, 2.05) is 6.07 Å². The van der Waals surface area contributed by atoms with Crippen LogP contribution in [0.15, 0.2) is 28.7 Å². The minimum absolute atomic E-state index is 0.0539. The standard InChI is InChI=1S/C14H17FN2O3S/c1-21(18,19)16-12-4-5-17(8-12)9-13-7-10-6-11(15)2-3-14(10)20-13/h2-3,6-7,12,16H,4-5,8-9H2,1H3/t12-/m0/s1. The predicted octanol–water partition coefficient (Wildman–Crippen LogP) is 1.70. The van der Waals surface area contributed by atoms with Crippen LogP contribution >= 0.6 is 0 Å². The first-order valence-corrected chi connectivity index (χ1v) is 8.66. The van der Waals surface area contributed by atoms with Gasteiger partial charge in [-0.25, -0.2) is 17.5 Å². The first-order valence-electron chi connectivity index (χ1n) is 6.77. The van der Waals surface area contributed by atoms with Crippen molar-refractivity contribution in [1.82, 2.24) is 9.62 Å². The molecule has 2 aromatic rings. The summed E-state index contributed by atoms with van der Waals surface area (Å²) in [7, 11) is -3.17. The van der Waals surface area contributed by atoms with Crippen LogP contribution in [0.3, 0.4) is 0 Å². The Morgan fingerprint density at radius 2 is 2.24 bits per heavy atom. The lowest BCUT2D eigenvalue weighted by molar-refractivity contribution is 0.297. The van der Waals surface area contributed by atoms with E-state index in [2.05, 4.69) is 9.62 Å². The fourth-order valence-corrected chi connectivity index (χ4v) is 3.54. The molecule has 0 unspecified atom stereocenters. The van der Waals surface area contributed by atoms with Gasteiger partial charge < -0.3 is 4.42 Å². The molecule has 1 fully saturated rings. The minimum atomic E-state index is -3.17. The smallest absolute Gasteiger partial charge is 0.208 e. The second-order valence-corrected chi connectivity index (χ2v) is 7.29. The number of likely N-dealkylation sites (tertiary alicyclic amines) is 1. The summed E-state index contributed by atoms with van der Waals surface area (Å²) >= 11 is 0. The van der Waals surface area contributed by atoms with Gasteiger partial charge in [-0.3, -0.25) is 4.90 Å². The highest BCUT2D eigenvalue weighted by atomic mass is 32.2. The maximum atomic E-state index is 13.1. The lowest BCUT2D eigenvalue weighted by Crippen LogP contribution is -2.36. The summed E-state index contributed by atoms with van der Waals surface area (Å²) in [4.78, 5) is 2.12. The molecule has 0 saturated carbocycles. The van der Waals surface area contributed by atoms with Gasteiger partial charge in [-0.15, -0.1) is 0 Å². The van der Waals surface area contributed by atoms with E-state index in [0.717, 1.165) is 24.1 Å². The number of benzene rings is 1. The van der Waals surface area contributed by atoms with Crippen LogP contribution in [0.2, 0.25) is 0 Å². The van der Waals surface area contributed by atoms with Crippen LogP contribution in [0, 0.1) is 5.82 Å². The zero-order chi connectivity index (χ0) is 15.0. The van der Waals surface area contributed by atoms with Crippen LogP contribution in [-0.4, -0.2) is 38.7 Å². The molecule has 1 N–H and O–H groups in total. The molecule has 1 aromatic heterocycles. The van der Waals surface area contributed by atoms with Crippen molar-refractivity contribution in [3.8, 4) is 0 Å². The Morgan fingerprint density at radius 3 is 3.00 bits per heavy atom. The molecule has 0 bridgehead atoms. The molecule has 114 valence electrons. The zero-order valence-electron chi connectivity index (χ0n) is 11.7. The van der Waals surface area contributed by atoms with Crippen molar-refractivity contribution < 1.29 is 17.2 Å². The van der Waals surface area contributed by atoms with E-state index < -0.39 is 10.0 Å². The minimum Gasteiger partial charge on any atom is -0.460 e. The highest BCUT2D eigenvalue weighted by molar-refractivity contribution is 7.88. The Kier molecular flexibility index (Phi) is 3.73.